The Labute approximate surface area is 103 Å². The molecule has 0 aliphatic carbocycles. The van der Waals surface area contributed by atoms with E-state index in [1.165, 1.54) is 4.68 Å². The van der Waals surface area contributed by atoms with E-state index in [-0.39, 0.29) is 0 Å². The normalized spacial score (nSPS) is 11.7. The highest BCUT2D eigenvalue weighted by atomic mass is 32.3. The Balaban J connectivity index is 2.37. The molecule has 0 saturated heterocycles. The van der Waals surface area contributed by atoms with Crippen molar-refractivity contribution >= 4 is 10.2 Å². The molecule has 1 aromatic heterocycles. The Bertz CT molecular complexity index is 654. The van der Waals surface area contributed by atoms with Gasteiger partial charge in [0.15, 0.2) is 0 Å². The molecule has 0 fully saturated rings. The molecule has 0 radical (unpaired) electrons. The van der Waals surface area contributed by atoms with E-state index < -0.39 is 15.2 Å². The third-order valence-electron chi connectivity index (χ3n) is 2.21. The van der Waals surface area contributed by atoms with E-state index in [1.807, 2.05) is 6.07 Å². The van der Waals surface area contributed by atoms with Crippen molar-refractivity contribution in [3.05, 3.63) is 36.0 Å². The number of halogens is 1. The first kappa shape index (κ1) is 12.7. The van der Waals surface area contributed by atoms with E-state index in [9.17, 15) is 12.3 Å². The Morgan fingerprint density at radius 2 is 2.22 bits per heavy atom. The molecule has 0 unspecified atom stereocenters. The van der Waals surface area contributed by atoms with Gasteiger partial charge in [-0.3, -0.25) is 0 Å². The van der Waals surface area contributed by atoms with Crippen LogP contribution >= 0.6 is 0 Å². The molecule has 0 aliphatic rings. The van der Waals surface area contributed by atoms with Gasteiger partial charge in [-0.15, -0.1) is 5.10 Å². The van der Waals surface area contributed by atoms with Crippen LogP contribution in [0.15, 0.2) is 35.5 Å². The van der Waals surface area contributed by atoms with Gasteiger partial charge in [0.25, 0.3) is 0 Å². The maximum absolute atomic E-state index is 12.7. The Hall–Kier alpha value is -1.80. The molecular weight excluding hydrogens is 261 g/mol. The molecular formula is C10H10FN3O3S. The first-order valence-electron chi connectivity index (χ1n) is 4.96. The maximum Gasteiger partial charge on any atom is 0.353 e. The van der Waals surface area contributed by atoms with Crippen LogP contribution in [0.4, 0.5) is 3.89 Å². The van der Waals surface area contributed by atoms with Crippen LogP contribution in [-0.4, -0.2) is 30.5 Å². The third-order valence-corrected chi connectivity index (χ3v) is 2.89. The van der Waals surface area contributed by atoms with Gasteiger partial charge in [0.1, 0.15) is 0 Å². The van der Waals surface area contributed by atoms with Gasteiger partial charge in [-0.25, -0.2) is 4.68 Å². The zero-order chi connectivity index (χ0) is 13.2. The van der Waals surface area contributed by atoms with Gasteiger partial charge in [-0.2, -0.15) is 8.42 Å². The van der Waals surface area contributed by atoms with Crippen LogP contribution in [0.5, 0.6) is 0 Å². The average molecular weight is 271 g/mol. The fraction of sp³-hybridized carbons (Fsp3) is 0.200. The van der Waals surface area contributed by atoms with Crippen molar-refractivity contribution in [2.75, 3.05) is 7.11 Å². The Kier molecular flexibility index (Phi) is 3.39. The Morgan fingerprint density at radius 1 is 1.44 bits per heavy atom. The third kappa shape index (κ3) is 2.71. The quantitative estimate of drug-likeness (QED) is 0.778. The van der Waals surface area contributed by atoms with E-state index in [0.29, 0.717) is 12.3 Å². The molecule has 6 nitrogen and oxygen atoms in total. The first-order chi connectivity index (χ1) is 8.50. The van der Waals surface area contributed by atoms with E-state index in [2.05, 4.69) is 10.3 Å². The molecule has 2 aromatic rings. The summed E-state index contributed by atoms with van der Waals surface area (Å²) in [5.41, 5.74) is 1.46. The molecule has 0 spiro atoms. The first-order valence-corrected chi connectivity index (χ1v) is 6.34. The van der Waals surface area contributed by atoms with Gasteiger partial charge >= 0.3 is 10.2 Å². The number of benzene rings is 1. The average Bonchev–Trinajstić information content (AvgIpc) is 2.78. The molecule has 96 valence electrons. The summed E-state index contributed by atoms with van der Waals surface area (Å²) in [6.07, 6.45) is 1.02. The second-order valence-electron chi connectivity index (χ2n) is 3.54. The molecule has 2 rings (SSSR count). The monoisotopic (exact) mass is 271 g/mol. The van der Waals surface area contributed by atoms with Crippen molar-refractivity contribution in [1.82, 2.24) is 15.0 Å². The van der Waals surface area contributed by atoms with Crippen LogP contribution in [0.25, 0.3) is 5.69 Å². The summed E-state index contributed by atoms with van der Waals surface area (Å²) >= 11 is 0. The fourth-order valence-corrected chi connectivity index (χ4v) is 1.80. The minimum absolute atomic E-state index is 0.413. The maximum atomic E-state index is 12.7. The van der Waals surface area contributed by atoms with Crippen molar-refractivity contribution in [2.45, 2.75) is 11.6 Å². The van der Waals surface area contributed by atoms with E-state index in [1.54, 1.807) is 25.3 Å². The number of rotatable bonds is 4. The van der Waals surface area contributed by atoms with Crippen LogP contribution < -0.4 is 0 Å². The second kappa shape index (κ2) is 4.83. The van der Waals surface area contributed by atoms with E-state index in [0.717, 1.165) is 11.8 Å². The smallest absolute Gasteiger partial charge is 0.353 e. The molecule has 0 saturated carbocycles. The minimum Gasteiger partial charge on any atom is -0.380 e. The summed E-state index contributed by atoms with van der Waals surface area (Å²) in [5.74, 6) is 0. The summed E-state index contributed by atoms with van der Waals surface area (Å²) in [5, 5.41) is 6.11. The fourth-order valence-electron chi connectivity index (χ4n) is 1.44. The van der Waals surface area contributed by atoms with Crippen LogP contribution in [0, 0.1) is 0 Å². The number of hydrogen-bond acceptors (Lipinski definition) is 5. The van der Waals surface area contributed by atoms with Gasteiger partial charge in [0.2, 0.25) is 5.03 Å². The lowest BCUT2D eigenvalue weighted by molar-refractivity contribution is 0.185. The number of nitrogens with zero attached hydrogens (tertiary/aromatic N) is 3. The van der Waals surface area contributed by atoms with Crippen molar-refractivity contribution in [1.29, 1.82) is 0 Å². The molecule has 0 amide bonds. The number of aromatic nitrogens is 3. The largest absolute Gasteiger partial charge is 0.380 e. The molecule has 0 N–H and O–H groups in total. The van der Waals surface area contributed by atoms with Crippen LogP contribution in [0.3, 0.4) is 0 Å². The summed E-state index contributed by atoms with van der Waals surface area (Å²) in [6, 6.07) is 7.04. The number of hydrogen-bond donors (Lipinski definition) is 0. The standard InChI is InChI=1S/C10H10FN3O3S/c1-17-7-8-3-2-4-9(5-8)14-6-10(12-13-14)18(11,15)16/h2-6H,7H2,1H3. The molecule has 18 heavy (non-hydrogen) atoms. The number of methoxy groups -OCH3 is 1. The van der Waals surface area contributed by atoms with Crippen LogP contribution in [0.2, 0.25) is 0 Å². The minimum atomic E-state index is -4.83. The van der Waals surface area contributed by atoms with Crippen LogP contribution in [0.1, 0.15) is 5.56 Å². The summed E-state index contributed by atoms with van der Waals surface area (Å²) in [6.45, 7) is 0.413. The van der Waals surface area contributed by atoms with Gasteiger partial charge in [0.05, 0.1) is 18.5 Å². The van der Waals surface area contributed by atoms with Crippen molar-refractivity contribution in [2.24, 2.45) is 0 Å². The van der Waals surface area contributed by atoms with Gasteiger partial charge in [-0.1, -0.05) is 21.2 Å². The lowest BCUT2D eigenvalue weighted by atomic mass is 10.2. The van der Waals surface area contributed by atoms with Gasteiger partial charge in [-0.05, 0) is 17.7 Å². The lowest BCUT2D eigenvalue weighted by Crippen LogP contribution is -1.97. The Morgan fingerprint density at radius 3 is 2.83 bits per heavy atom. The number of ether oxygens (including phenoxy) is 1. The predicted molar refractivity (Wildman–Crippen MR) is 60.4 cm³/mol. The second-order valence-corrected chi connectivity index (χ2v) is 4.84. The lowest BCUT2D eigenvalue weighted by Gasteiger charge is -2.03. The molecule has 0 aliphatic heterocycles. The van der Waals surface area contributed by atoms with Gasteiger partial charge in [0, 0.05) is 7.11 Å². The summed E-state index contributed by atoms with van der Waals surface area (Å²) in [4.78, 5) is 0. The van der Waals surface area contributed by atoms with Crippen molar-refractivity contribution in [3.63, 3.8) is 0 Å². The topological polar surface area (TPSA) is 74.1 Å². The zero-order valence-corrected chi connectivity index (χ0v) is 10.3. The van der Waals surface area contributed by atoms with Gasteiger partial charge < -0.3 is 4.74 Å². The van der Waals surface area contributed by atoms with E-state index >= 15 is 0 Å². The highest BCUT2D eigenvalue weighted by Gasteiger charge is 2.17. The van der Waals surface area contributed by atoms with E-state index in [4.69, 9.17) is 4.74 Å². The van der Waals surface area contributed by atoms with Crippen molar-refractivity contribution in [3.8, 4) is 5.69 Å². The molecule has 1 heterocycles. The predicted octanol–water partition coefficient (Wildman–Crippen LogP) is 1.07. The highest BCUT2D eigenvalue weighted by Crippen LogP contribution is 2.13. The molecule has 1 aromatic carbocycles. The van der Waals surface area contributed by atoms with Crippen LogP contribution in [-0.2, 0) is 21.6 Å². The molecule has 8 heteroatoms. The summed E-state index contributed by atoms with van der Waals surface area (Å²) in [7, 11) is -3.26. The molecule has 0 bridgehead atoms. The molecule has 0 atom stereocenters. The van der Waals surface area contributed by atoms with Crippen molar-refractivity contribution < 1.29 is 17.0 Å². The highest BCUT2D eigenvalue weighted by molar-refractivity contribution is 7.86. The SMILES string of the molecule is COCc1cccc(-n2cc(S(=O)(=O)F)nn2)c1. The summed E-state index contributed by atoms with van der Waals surface area (Å²) < 4.78 is 40.1. The zero-order valence-electron chi connectivity index (χ0n) is 9.45.